The minimum atomic E-state index is -0.299. The van der Waals surface area contributed by atoms with Crippen LogP contribution >= 0.6 is 0 Å². The minimum Gasteiger partial charge on any atom is -0.493 e. The maximum absolute atomic E-state index is 8.63. The van der Waals surface area contributed by atoms with Crippen LogP contribution in [0.25, 0.3) is 33.1 Å². The lowest BCUT2D eigenvalue weighted by Crippen LogP contribution is -1.99. The lowest BCUT2D eigenvalue weighted by atomic mass is 10.1. The lowest BCUT2D eigenvalue weighted by molar-refractivity contribution is 0.298. The van der Waals surface area contributed by atoms with Gasteiger partial charge in [-0.05, 0) is 54.1 Å². The molecule has 2 aromatic heterocycles. The average molecular weight is 428 g/mol. The topological polar surface area (TPSA) is 119 Å². The number of azide groups is 1. The molecule has 0 radical (unpaired) electrons. The highest BCUT2D eigenvalue weighted by molar-refractivity contribution is 5.76. The number of aromatic nitrogens is 3. The second-order valence-corrected chi connectivity index (χ2v) is 7.70. The van der Waals surface area contributed by atoms with Gasteiger partial charge in [0.2, 0.25) is 11.8 Å². The molecule has 2 aromatic carbocycles. The number of rotatable bonds is 8. The first-order chi connectivity index (χ1) is 15.7. The Labute approximate surface area is 183 Å². The molecule has 32 heavy (non-hydrogen) atoms. The summed E-state index contributed by atoms with van der Waals surface area (Å²) in [4.78, 5) is 16.0. The highest BCUT2D eigenvalue weighted by atomic mass is 16.5. The summed E-state index contributed by atoms with van der Waals surface area (Å²) in [5.74, 6) is 2.80. The molecule has 1 fully saturated rings. The van der Waals surface area contributed by atoms with Crippen LogP contribution in [-0.2, 0) is 0 Å². The highest BCUT2D eigenvalue weighted by Crippen LogP contribution is 2.31. The molecule has 1 saturated carbocycles. The van der Waals surface area contributed by atoms with Crippen molar-refractivity contribution in [3.05, 3.63) is 70.9 Å². The van der Waals surface area contributed by atoms with Gasteiger partial charge >= 0.3 is 0 Å². The first kappa shape index (κ1) is 19.8. The van der Waals surface area contributed by atoms with Crippen LogP contribution in [-0.4, -0.2) is 21.6 Å². The molecule has 9 nitrogen and oxygen atoms in total. The van der Waals surface area contributed by atoms with Gasteiger partial charge in [-0.25, -0.2) is 15.0 Å². The van der Waals surface area contributed by atoms with Crippen LogP contribution in [0.2, 0.25) is 0 Å². The molecular weight excluding hydrogens is 408 g/mol. The highest BCUT2D eigenvalue weighted by Gasteiger charge is 2.22. The monoisotopic (exact) mass is 428 g/mol. The van der Waals surface area contributed by atoms with E-state index in [1.54, 1.807) is 6.20 Å². The van der Waals surface area contributed by atoms with Crippen LogP contribution in [0.5, 0.6) is 17.4 Å². The van der Waals surface area contributed by atoms with Gasteiger partial charge in [0.15, 0.2) is 5.58 Å². The third kappa shape index (κ3) is 4.48. The van der Waals surface area contributed by atoms with Gasteiger partial charge in [0, 0.05) is 11.0 Å². The summed E-state index contributed by atoms with van der Waals surface area (Å²) in [6, 6.07) is 12.7. The van der Waals surface area contributed by atoms with Gasteiger partial charge < -0.3 is 13.9 Å². The number of oxazole rings is 1. The Morgan fingerprint density at radius 3 is 2.81 bits per heavy atom. The zero-order chi connectivity index (χ0) is 21.9. The normalized spacial score (nSPS) is 14.0. The van der Waals surface area contributed by atoms with E-state index in [0.29, 0.717) is 40.2 Å². The largest absolute Gasteiger partial charge is 0.493 e. The smallest absolute Gasteiger partial charge is 0.247 e. The SMILES string of the molecule is CC(N=[N+]=[N-])c1ccc2nc(-c3cnc(Oc4cccc(OCC5CC5)c4)cn3)oc2c1. The maximum atomic E-state index is 8.63. The summed E-state index contributed by atoms with van der Waals surface area (Å²) in [5.41, 5.74) is 11.2. The molecule has 5 rings (SSSR count). The van der Waals surface area contributed by atoms with E-state index in [1.165, 1.54) is 19.0 Å². The second-order valence-electron chi connectivity index (χ2n) is 7.70. The van der Waals surface area contributed by atoms with Crippen molar-refractivity contribution in [2.75, 3.05) is 6.61 Å². The predicted octanol–water partition coefficient (Wildman–Crippen LogP) is 6.24. The third-order valence-electron chi connectivity index (χ3n) is 5.18. The van der Waals surface area contributed by atoms with E-state index < -0.39 is 0 Å². The van der Waals surface area contributed by atoms with Crippen molar-refractivity contribution < 1.29 is 13.9 Å². The third-order valence-corrected chi connectivity index (χ3v) is 5.18. The van der Waals surface area contributed by atoms with Crippen molar-refractivity contribution in [2.24, 2.45) is 11.0 Å². The van der Waals surface area contributed by atoms with E-state index in [9.17, 15) is 0 Å². The summed E-state index contributed by atoms with van der Waals surface area (Å²) in [6.07, 6.45) is 5.57. The molecule has 4 aromatic rings. The quantitative estimate of drug-likeness (QED) is 0.186. The standard InChI is InChI=1S/C23H20N6O3/c1-14(28-29-24)16-7-8-19-21(9-16)32-23(27-19)20-11-26-22(12-25-20)31-18-4-2-3-17(10-18)30-13-15-5-6-15/h2-4,7-12,14-15H,5-6,13H2,1H3. The Morgan fingerprint density at radius 2 is 2.03 bits per heavy atom. The molecule has 0 spiro atoms. The van der Waals surface area contributed by atoms with E-state index in [0.717, 1.165) is 17.9 Å². The second kappa shape index (κ2) is 8.56. The molecule has 1 unspecified atom stereocenters. The Bertz CT molecular complexity index is 1290. The van der Waals surface area contributed by atoms with E-state index >= 15 is 0 Å². The fraction of sp³-hybridized carbons (Fsp3) is 0.261. The van der Waals surface area contributed by atoms with Crippen molar-refractivity contribution in [1.29, 1.82) is 0 Å². The summed E-state index contributed by atoms with van der Waals surface area (Å²) >= 11 is 0. The molecule has 0 N–H and O–H groups in total. The van der Waals surface area contributed by atoms with Crippen LogP contribution in [0.15, 0.2) is 64.4 Å². The molecule has 0 aliphatic heterocycles. The molecule has 1 aliphatic rings. The summed E-state index contributed by atoms with van der Waals surface area (Å²) in [6.45, 7) is 2.56. The number of hydrogen-bond donors (Lipinski definition) is 0. The fourth-order valence-corrected chi connectivity index (χ4v) is 3.18. The molecule has 0 amide bonds. The molecule has 0 bridgehead atoms. The molecule has 160 valence electrons. The summed E-state index contributed by atoms with van der Waals surface area (Å²) in [7, 11) is 0. The van der Waals surface area contributed by atoms with Gasteiger partial charge in [0.25, 0.3) is 0 Å². The van der Waals surface area contributed by atoms with E-state index in [-0.39, 0.29) is 6.04 Å². The van der Waals surface area contributed by atoms with E-state index in [2.05, 4.69) is 25.0 Å². The Hall–Kier alpha value is -4.10. The zero-order valence-electron chi connectivity index (χ0n) is 17.4. The minimum absolute atomic E-state index is 0.299. The van der Waals surface area contributed by atoms with Crippen molar-refractivity contribution in [3.8, 4) is 29.0 Å². The number of nitrogens with zero attached hydrogens (tertiary/aromatic N) is 6. The summed E-state index contributed by atoms with van der Waals surface area (Å²) < 4.78 is 17.4. The number of ether oxygens (including phenoxy) is 2. The molecular formula is C23H20N6O3. The van der Waals surface area contributed by atoms with Crippen molar-refractivity contribution in [3.63, 3.8) is 0 Å². The average Bonchev–Trinajstić information content (AvgIpc) is 3.55. The first-order valence-corrected chi connectivity index (χ1v) is 10.4. The van der Waals surface area contributed by atoms with Crippen LogP contribution in [0.3, 0.4) is 0 Å². The fourth-order valence-electron chi connectivity index (χ4n) is 3.18. The summed E-state index contributed by atoms with van der Waals surface area (Å²) in [5, 5.41) is 3.71. The van der Waals surface area contributed by atoms with Gasteiger partial charge in [0.05, 0.1) is 25.0 Å². The number of fused-ring (bicyclic) bond motifs is 1. The number of benzene rings is 2. The van der Waals surface area contributed by atoms with Crippen molar-refractivity contribution in [1.82, 2.24) is 15.0 Å². The molecule has 0 saturated heterocycles. The van der Waals surface area contributed by atoms with Crippen LogP contribution in [0, 0.1) is 5.92 Å². The maximum Gasteiger partial charge on any atom is 0.247 e. The Morgan fingerprint density at radius 1 is 1.16 bits per heavy atom. The van der Waals surface area contributed by atoms with Gasteiger partial charge in [-0.15, -0.1) is 0 Å². The van der Waals surface area contributed by atoms with E-state index in [4.69, 9.17) is 19.4 Å². The van der Waals surface area contributed by atoms with Gasteiger partial charge in [-0.1, -0.05) is 24.2 Å². The molecule has 1 atom stereocenters. The van der Waals surface area contributed by atoms with Crippen LogP contribution < -0.4 is 9.47 Å². The molecule has 9 heteroatoms. The Kier molecular flexibility index (Phi) is 5.31. The van der Waals surface area contributed by atoms with Gasteiger partial charge in [-0.3, -0.25) is 0 Å². The van der Waals surface area contributed by atoms with Crippen LogP contribution in [0.1, 0.15) is 31.4 Å². The lowest BCUT2D eigenvalue weighted by Gasteiger charge is -2.08. The molecule has 2 heterocycles. The van der Waals surface area contributed by atoms with Crippen LogP contribution in [0.4, 0.5) is 0 Å². The number of hydrogen-bond acceptors (Lipinski definition) is 7. The zero-order valence-corrected chi connectivity index (χ0v) is 17.4. The Balaban J connectivity index is 1.30. The van der Waals surface area contributed by atoms with Crippen molar-refractivity contribution >= 4 is 11.1 Å². The van der Waals surface area contributed by atoms with Gasteiger partial charge in [-0.2, -0.15) is 0 Å². The van der Waals surface area contributed by atoms with E-state index in [1.807, 2.05) is 49.4 Å². The van der Waals surface area contributed by atoms with Gasteiger partial charge in [0.1, 0.15) is 22.7 Å². The first-order valence-electron chi connectivity index (χ1n) is 10.4. The predicted molar refractivity (Wildman–Crippen MR) is 117 cm³/mol. The molecule has 1 aliphatic carbocycles. The van der Waals surface area contributed by atoms with Crippen molar-refractivity contribution in [2.45, 2.75) is 25.8 Å².